The quantitative estimate of drug-likeness (QED) is 0.882. The Morgan fingerprint density at radius 2 is 2.20 bits per heavy atom. The van der Waals surface area contributed by atoms with Crippen molar-refractivity contribution in [2.45, 2.75) is 23.8 Å². The van der Waals surface area contributed by atoms with E-state index in [1.165, 1.54) is 0 Å². The van der Waals surface area contributed by atoms with E-state index in [0.29, 0.717) is 12.2 Å². The van der Waals surface area contributed by atoms with Gasteiger partial charge in [-0.05, 0) is 36.8 Å². The molecule has 0 spiro atoms. The maximum absolute atomic E-state index is 13.7. The molecule has 0 aromatic heterocycles. The monoisotopic (exact) mass is 319 g/mol. The zero-order valence-corrected chi connectivity index (χ0v) is 12.1. The van der Waals surface area contributed by atoms with Gasteiger partial charge < -0.3 is 5.11 Å². The molecule has 1 fully saturated rings. The van der Waals surface area contributed by atoms with Crippen molar-refractivity contribution in [1.29, 1.82) is 0 Å². The van der Waals surface area contributed by atoms with Crippen molar-refractivity contribution in [3.05, 3.63) is 29.6 Å². The molecule has 1 heterocycles. The van der Waals surface area contributed by atoms with Gasteiger partial charge in [-0.1, -0.05) is 0 Å². The molecule has 1 saturated heterocycles. The normalized spacial score (nSPS) is 19.8. The highest BCUT2D eigenvalue weighted by Crippen LogP contribution is 2.21. The van der Waals surface area contributed by atoms with Crippen molar-refractivity contribution in [3.8, 4) is 0 Å². The van der Waals surface area contributed by atoms with Gasteiger partial charge in [-0.15, -0.1) is 0 Å². The van der Waals surface area contributed by atoms with Crippen LogP contribution in [0.2, 0.25) is 0 Å². The van der Waals surface area contributed by atoms with E-state index >= 15 is 0 Å². The summed E-state index contributed by atoms with van der Waals surface area (Å²) < 4.78 is 40.4. The summed E-state index contributed by atoms with van der Waals surface area (Å²) >= 11 is 1.64. The Kier molecular flexibility index (Phi) is 4.66. The molecule has 1 aliphatic rings. The average Bonchev–Trinajstić information content (AvgIpc) is 2.39. The third-order valence-electron chi connectivity index (χ3n) is 2.95. The first-order valence-corrected chi connectivity index (χ1v) is 8.67. The zero-order valence-electron chi connectivity index (χ0n) is 10.5. The summed E-state index contributed by atoms with van der Waals surface area (Å²) in [4.78, 5) is 10.2. The van der Waals surface area contributed by atoms with Gasteiger partial charge >= 0.3 is 5.97 Å². The van der Waals surface area contributed by atoms with Crippen molar-refractivity contribution in [2.24, 2.45) is 0 Å². The van der Waals surface area contributed by atoms with E-state index in [-0.39, 0.29) is 11.6 Å². The fourth-order valence-corrected chi connectivity index (χ4v) is 4.51. The Morgan fingerprint density at radius 1 is 1.45 bits per heavy atom. The Balaban J connectivity index is 2.28. The number of aromatic carboxylic acids is 1. The van der Waals surface area contributed by atoms with Gasteiger partial charge in [0.15, 0.2) is 0 Å². The van der Waals surface area contributed by atoms with E-state index in [0.717, 1.165) is 30.4 Å². The molecule has 1 atom stereocenters. The third kappa shape index (κ3) is 3.50. The van der Waals surface area contributed by atoms with Gasteiger partial charge in [0, 0.05) is 11.8 Å². The fraction of sp³-hybridized carbons (Fsp3) is 0.417. The second kappa shape index (κ2) is 6.11. The van der Waals surface area contributed by atoms with Gasteiger partial charge in [-0.2, -0.15) is 11.8 Å². The van der Waals surface area contributed by atoms with Crippen LogP contribution < -0.4 is 4.72 Å². The largest absolute Gasteiger partial charge is 0.478 e. The lowest BCUT2D eigenvalue weighted by Crippen LogP contribution is -2.38. The van der Waals surface area contributed by atoms with Crippen molar-refractivity contribution in [1.82, 2.24) is 4.72 Å². The number of nitrogens with one attached hydrogen (secondary N) is 1. The summed E-state index contributed by atoms with van der Waals surface area (Å²) in [5, 5.41) is 8.85. The maximum Gasteiger partial charge on any atom is 0.335 e. The second-order valence-electron chi connectivity index (χ2n) is 4.49. The second-order valence-corrected chi connectivity index (χ2v) is 7.32. The minimum atomic E-state index is -4.05. The van der Waals surface area contributed by atoms with Crippen LogP contribution in [0, 0.1) is 5.82 Å². The Labute approximate surface area is 120 Å². The molecule has 0 radical (unpaired) electrons. The van der Waals surface area contributed by atoms with Gasteiger partial charge in [-0.3, -0.25) is 0 Å². The summed E-state index contributed by atoms with van der Waals surface area (Å²) in [5.41, 5.74) is -0.259. The zero-order chi connectivity index (χ0) is 14.8. The number of hydrogen-bond donors (Lipinski definition) is 2. The van der Waals surface area contributed by atoms with E-state index < -0.39 is 26.7 Å². The molecule has 110 valence electrons. The lowest BCUT2D eigenvalue weighted by molar-refractivity contribution is 0.0696. The van der Waals surface area contributed by atoms with Crippen molar-refractivity contribution in [2.75, 3.05) is 11.5 Å². The van der Waals surface area contributed by atoms with Crippen LogP contribution in [0.15, 0.2) is 23.1 Å². The number of halogens is 1. The van der Waals surface area contributed by atoms with E-state index in [4.69, 9.17) is 5.11 Å². The molecular formula is C12H14FNO4S2. The smallest absolute Gasteiger partial charge is 0.335 e. The lowest BCUT2D eigenvalue weighted by atomic mass is 10.2. The number of rotatable bonds is 4. The number of carbonyl (C=O) groups is 1. The number of hydrogen-bond acceptors (Lipinski definition) is 4. The summed E-state index contributed by atoms with van der Waals surface area (Å²) in [6.45, 7) is 0. The van der Waals surface area contributed by atoms with Gasteiger partial charge in [0.05, 0.1) is 5.56 Å². The van der Waals surface area contributed by atoms with Crippen LogP contribution in [0.4, 0.5) is 4.39 Å². The summed E-state index contributed by atoms with van der Waals surface area (Å²) in [5.74, 6) is -0.624. The van der Waals surface area contributed by atoms with Crippen LogP contribution in [0.3, 0.4) is 0 Å². The Hall–Kier alpha value is -1.12. The molecule has 0 amide bonds. The SMILES string of the molecule is O=C(O)c1ccc(F)c(S(=O)(=O)NC2CCCSC2)c1. The molecule has 0 aliphatic carbocycles. The maximum atomic E-state index is 13.7. The molecule has 1 aliphatic heterocycles. The molecule has 20 heavy (non-hydrogen) atoms. The molecule has 5 nitrogen and oxygen atoms in total. The topological polar surface area (TPSA) is 83.5 Å². The number of carboxylic acids is 1. The molecule has 0 bridgehead atoms. The predicted octanol–water partition coefficient (Wildman–Crippen LogP) is 1.70. The third-order valence-corrected chi connectivity index (χ3v) is 5.70. The van der Waals surface area contributed by atoms with Gasteiger partial charge in [-0.25, -0.2) is 22.3 Å². The molecule has 1 aromatic carbocycles. The van der Waals surface area contributed by atoms with Crippen molar-refractivity contribution >= 4 is 27.8 Å². The Morgan fingerprint density at radius 3 is 2.80 bits per heavy atom. The number of thioether (sulfide) groups is 1. The van der Waals surface area contributed by atoms with Crippen molar-refractivity contribution < 1.29 is 22.7 Å². The van der Waals surface area contributed by atoms with Gasteiger partial charge in [0.25, 0.3) is 0 Å². The fourth-order valence-electron chi connectivity index (χ4n) is 1.96. The summed E-state index contributed by atoms with van der Waals surface area (Å²) in [6.07, 6.45) is 1.60. The number of benzene rings is 1. The van der Waals surface area contributed by atoms with Crippen LogP contribution in [0.5, 0.6) is 0 Å². The van der Waals surface area contributed by atoms with E-state index in [2.05, 4.69) is 4.72 Å². The molecule has 1 unspecified atom stereocenters. The Bertz CT molecular complexity index is 612. The minimum Gasteiger partial charge on any atom is -0.478 e. The highest BCUT2D eigenvalue weighted by atomic mass is 32.2. The highest BCUT2D eigenvalue weighted by Gasteiger charge is 2.25. The summed E-state index contributed by atoms with van der Waals surface area (Å²) in [7, 11) is -4.05. The first-order chi connectivity index (χ1) is 9.40. The standard InChI is InChI=1S/C12H14FNO4S2/c13-10-4-3-8(12(15)16)6-11(10)20(17,18)14-9-2-1-5-19-7-9/h3-4,6,9,14H,1-2,5,7H2,(H,15,16). The van der Waals surface area contributed by atoms with E-state index in [1.54, 1.807) is 11.8 Å². The lowest BCUT2D eigenvalue weighted by Gasteiger charge is -2.22. The summed E-state index contributed by atoms with van der Waals surface area (Å²) in [6, 6.07) is 2.49. The van der Waals surface area contributed by atoms with Crippen LogP contribution >= 0.6 is 11.8 Å². The predicted molar refractivity (Wildman–Crippen MR) is 74.0 cm³/mol. The highest BCUT2D eigenvalue weighted by molar-refractivity contribution is 7.99. The van der Waals surface area contributed by atoms with E-state index in [9.17, 15) is 17.6 Å². The number of carboxylic acid groups (broad SMARTS) is 1. The molecule has 2 N–H and O–H groups in total. The first kappa shape index (κ1) is 15.3. The number of sulfonamides is 1. The first-order valence-electron chi connectivity index (χ1n) is 6.03. The molecule has 0 saturated carbocycles. The minimum absolute atomic E-state index is 0.244. The van der Waals surface area contributed by atoms with Crippen LogP contribution in [0.1, 0.15) is 23.2 Å². The molecule has 8 heteroatoms. The molecule has 1 aromatic rings. The van der Waals surface area contributed by atoms with E-state index in [1.807, 2.05) is 0 Å². The molecule has 2 rings (SSSR count). The van der Waals surface area contributed by atoms with Crippen LogP contribution in [0.25, 0.3) is 0 Å². The molecular weight excluding hydrogens is 305 g/mol. The van der Waals surface area contributed by atoms with Gasteiger partial charge in [0.1, 0.15) is 10.7 Å². The van der Waals surface area contributed by atoms with Crippen molar-refractivity contribution in [3.63, 3.8) is 0 Å². The van der Waals surface area contributed by atoms with Crippen LogP contribution in [-0.2, 0) is 10.0 Å². The average molecular weight is 319 g/mol. The van der Waals surface area contributed by atoms with Crippen LogP contribution in [-0.4, -0.2) is 37.0 Å². The van der Waals surface area contributed by atoms with Gasteiger partial charge in [0.2, 0.25) is 10.0 Å².